The van der Waals surface area contributed by atoms with Crippen LogP contribution in [0.3, 0.4) is 0 Å². The number of nitrogens with zero attached hydrogens (tertiary/aromatic N) is 4. The molecule has 2 aromatic rings. The molecule has 2 saturated heterocycles. The number of esters is 2. The zero-order valence-electron chi connectivity index (χ0n) is 34.7. The largest absolute Gasteiger partial charge is 2.00 e. The number of halogens is 3. The second-order valence-corrected chi connectivity index (χ2v) is 15.8. The maximum absolute atomic E-state index is 12.6. The van der Waals surface area contributed by atoms with Crippen LogP contribution in [0.1, 0.15) is 86.6 Å². The molecule has 2 fully saturated rings. The van der Waals surface area contributed by atoms with Crippen LogP contribution in [0.2, 0.25) is 10.0 Å². The van der Waals surface area contributed by atoms with Crippen molar-refractivity contribution >= 4 is 70.4 Å². The van der Waals surface area contributed by atoms with Crippen LogP contribution in [0.15, 0.2) is 59.8 Å². The van der Waals surface area contributed by atoms with E-state index in [1.54, 1.807) is 60.0 Å². The Labute approximate surface area is 380 Å². The van der Waals surface area contributed by atoms with E-state index in [2.05, 4.69) is 15.8 Å². The molecule has 16 heteroatoms. The summed E-state index contributed by atoms with van der Waals surface area (Å²) in [4.78, 5) is 58.7. The summed E-state index contributed by atoms with van der Waals surface area (Å²) in [5.74, 6) is -1.11. The molecule has 1 unspecified atom stereocenters. The molecule has 58 heavy (non-hydrogen) atoms. The van der Waals surface area contributed by atoms with E-state index in [1.165, 1.54) is 0 Å². The molecular weight excluding hydrogens is 864 g/mol. The number of hydrogen-bond donors (Lipinski definition) is 0. The molecule has 2 amide bonds. The van der Waals surface area contributed by atoms with Gasteiger partial charge in [-0.15, -0.1) is 11.6 Å². The zero-order valence-corrected chi connectivity index (χ0v) is 39.2. The van der Waals surface area contributed by atoms with Gasteiger partial charge in [-0.05, 0) is 98.8 Å². The summed E-state index contributed by atoms with van der Waals surface area (Å²) in [7, 11) is 0. The van der Waals surface area contributed by atoms with Gasteiger partial charge in [0.05, 0.1) is 25.2 Å². The molecule has 2 aliphatic heterocycles. The Hall–Kier alpha value is -3.53. The van der Waals surface area contributed by atoms with Crippen molar-refractivity contribution in [3.63, 3.8) is 0 Å². The Morgan fingerprint density at radius 2 is 1.22 bits per heavy atom. The molecule has 1 atom stereocenters. The summed E-state index contributed by atoms with van der Waals surface area (Å²) < 4.78 is 20.8. The average molecular weight is 917 g/mol. The molecule has 0 bridgehead atoms. The van der Waals surface area contributed by atoms with Crippen LogP contribution >= 0.6 is 23.2 Å². The van der Waals surface area contributed by atoms with Crippen LogP contribution in [0.5, 0.6) is 0 Å². The molecule has 0 N–H and O–H groups in total. The van der Waals surface area contributed by atoms with Gasteiger partial charge in [0.15, 0.2) is 0 Å². The van der Waals surface area contributed by atoms with E-state index < -0.39 is 34.6 Å². The van der Waals surface area contributed by atoms with Gasteiger partial charge in [0.2, 0.25) is 0 Å². The summed E-state index contributed by atoms with van der Waals surface area (Å²) >= 11 is 11.5. The maximum atomic E-state index is 12.6. The van der Waals surface area contributed by atoms with Gasteiger partial charge in [0.1, 0.15) is 11.2 Å². The second-order valence-electron chi connectivity index (χ2n) is 14.9. The fourth-order valence-corrected chi connectivity index (χ4v) is 6.15. The number of benzene rings is 2. The number of carbonyl (C=O) groups is 4. The third-order valence-corrected chi connectivity index (χ3v) is 9.00. The van der Waals surface area contributed by atoms with Gasteiger partial charge in [-0.3, -0.25) is 4.79 Å². The third kappa shape index (κ3) is 17.8. The summed E-state index contributed by atoms with van der Waals surface area (Å²) in [6.07, 6.45) is 1.17. The minimum Gasteiger partial charge on any atom is -1.00 e. The quantitative estimate of drug-likeness (QED) is 0.114. The van der Waals surface area contributed by atoms with Gasteiger partial charge in [0, 0.05) is 31.2 Å². The third-order valence-electron chi connectivity index (χ3n) is 8.50. The van der Waals surface area contributed by atoms with E-state index >= 15 is 0 Å². The first-order valence-corrected chi connectivity index (χ1v) is 19.2. The molecule has 0 radical (unpaired) electrons. The first-order chi connectivity index (χ1) is 26.3. The van der Waals surface area contributed by atoms with Crippen molar-refractivity contribution in [3.05, 3.63) is 104 Å². The van der Waals surface area contributed by atoms with E-state index in [1.807, 2.05) is 53.7 Å². The monoisotopic (exact) mass is 914 g/mol. The molecule has 0 spiro atoms. The number of rotatable bonds is 6. The molecule has 2 aromatic carbocycles. The molecule has 0 aliphatic carbocycles. The van der Waals surface area contributed by atoms with Gasteiger partial charge in [-0.1, -0.05) is 34.3 Å². The first-order valence-electron chi connectivity index (χ1n) is 18.4. The minimum atomic E-state index is -0.977. The van der Waals surface area contributed by atoms with E-state index in [4.69, 9.17) is 55.3 Å². The smallest absolute Gasteiger partial charge is 1.00 e. The van der Waals surface area contributed by atoms with Crippen molar-refractivity contribution < 1.29 is 55.1 Å². The van der Waals surface area contributed by atoms with Crippen LogP contribution in [-0.2, 0) is 34.0 Å². The SMILES string of the molecule is Clc1cc[c-]cc1.[Br-].[C-]#[N+]C(C(=O)OCC)=C1CCN(C(=O)OC(C)(C)C)CC1.[C-]#[N+]C(C(=O)OCC)C1(c2ccc(Cl)cc2)CCN(C(=O)OC(C)(C)C)CC1.[Mg+2]. The Morgan fingerprint density at radius 1 is 0.776 bits per heavy atom. The standard InChI is InChI=1S/C21H27ClN2O4.C15H22N2O4.C6H4Cl.BrH.Mg/c1-6-27-18(25)17(23-5)21(15-7-9-16(22)10-8-15)11-13-24(14-12-21)19(26)28-20(2,3)4;1-6-20-13(18)12(16-5)11-7-9-17(10-8-11)14(19)21-15(2,3)4;7-6-4-2-1-3-5-6;;/h7-10,17H,6,11-14H2,1-4H3;6-10H2,1-4H3;2-5H;1H;/q;;-1;;+2/p-1. The first kappa shape index (κ1) is 54.5. The molecule has 4 rings (SSSR count). The zero-order chi connectivity index (χ0) is 42.1. The van der Waals surface area contributed by atoms with Gasteiger partial charge >= 0.3 is 53.2 Å². The molecular formula is C42H53BrCl2MgN4O8. The van der Waals surface area contributed by atoms with Gasteiger partial charge in [-0.2, -0.15) is 30.3 Å². The van der Waals surface area contributed by atoms with Crippen molar-refractivity contribution in [2.75, 3.05) is 39.4 Å². The Bertz CT molecular complexity index is 1740. The molecule has 312 valence electrons. The summed E-state index contributed by atoms with van der Waals surface area (Å²) in [6.45, 7) is 31.3. The number of amides is 2. The summed E-state index contributed by atoms with van der Waals surface area (Å²) in [5.41, 5.74) is -0.179. The molecule has 2 aliphatic rings. The van der Waals surface area contributed by atoms with Crippen molar-refractivity contribution in [2.24, 2.45) is 0 Å². The van der Waals surface area contributed by atoms with Crippen LogP contribution in [0.4, 0.5) is 9.59 Å². The van der Waals surface area contributed by atoms with Crippen molar-refractivity contribution in [2.45, 2.75) is 104 Å². The van der Waals surface area contributed by atoms with E-state index in [-0.39, 0.29) is 71.1 Å². The predicted molar refractivity (Wildman–Crippen MR) is 221 cm³/mol. The molecule has 0 saturated carbocycles. The Morgan fingerprint density at radius 3 is 1.60 bits per heavy atom. The number of hydrogen-bond acceptors (Lipinski definition) is 8. The van der Waals surface area contributed by atoms with Crippen LogP contribution < -0.4 is 17.0 Å². The van der Waals surface area contributed by atoms with Gasteiger partial charge in [0.25, 0.3) is 5.70 Å². The minimum absolute atomic E-state index is 0. The number of ether oxygens (including phenoxy) is 4. The molecule has 12 nitrogen and oxygen atoms in total. The predicted octanol–water partition coefficient (Wildman–Crippen LogP) is 5.98. The van der Waals surface area contributed by atoms with Crippen LogP contribution in [0, 0.1) is 19.2 Å². The van der Waals surface area contributed by atoms with Gasteiger partial charge in [-0.25, -0.2) is 25.8 Å². The Kier molecular flexibility index (Phi) is 24.3. The summed E-state index contributed by atoms with van der Waals surface area (Å²) in [6, 6.07) is 16.2. The average Bonchev–Trinajstić information content (AvgIpc) is 3.13. The topological polar surface area (TPSA) is 120 Å². The fraction of sp³-hybridized carbons (Fsp3) is 0.524. The van der Waals surface area contributed by atoms with Crippen LogP contribution in [0.25, 0.3) is 9.69 Å². The molecule has 0 aromatic heterocycles. The van der Waals surface area contributed by atoms with Crippen LogP contribution in [-0.4, -0.2) is 114 Å². The number of piperidine rings is 2. The molecule has 2 heterocycles. The maximum Gasteiger partial charge on any atom is 2.00 e. The summed E-state index contributed by atoms with van der Waals surface area (Å²) in [5, 5.41) is 1.35. The second kappa shape index (κ2) is 25.8. The van der Waals surface area contributed by atoms with E-state index in [0.29, 0.717) is 56.9 Å². The number of carbonyl (C=O) groups excluding carboxylic acids is 4. The van der Waals surface area contributed by atoms with Gasteiger partial charge < -0.3 is 50.6 Å². The van der Waals surface area contributed by atoms with E-state index in [9.17, 15) is 19.2 Å². The number of likely N-dealkylation sites (tertiary alicyclic amines) is 2. The Balaban J connectivity index is 0.000000953. The normalized spacial score (nSPS) is 14.9. The van der Waals surface area contributed by atoms with Crippen molar-refractivity contribution in [1.29, 1.82) is 0 Å². The van der Waals surface area contributed by atoms with Crippen molar-refractivity contribution in [3.8, 4) is 0 Å². The van der Waals surface area contributed by atoms with Crippen molar-refractivity contribution in [1.82, 2.24) is 9.80 Å². The fourth-order valence-electron chi connectivity index (χ4n) is 5.90. The van der Waals surface area contributed by atoms with E-state index in [0.717, 1.165) is 16.2 Å².